The van der Waals surface area contributed by atoms with Gasteiger partial charge in [-0.3, -0.25) is 14.2 Å². The quantitative estimate of drug-likeness (QED) is 0.363. The molecule has 0 aliphatic carbocycles. The van der Waals surface area contributed by atoms with Gasteiger partial charge in [-0.15, -0.1) is 0 Å². The molecule has 0 unspecified atom stereocenters. The molecule has 5 rings (SSSR count). The number of fused-ring (bicyclic) bond motifs is 2. The third-order valence-electron chi connectivity index (χ3n) is 5.57. The monoisotopic (exact) mass is 508 g/mol. The summed E-state index contributed by atoms with van der Waals surface area (Å²) < 4.78 is 21.2. The van der Waals surface area contributed by atoms with Gasteiger partial charge in [-0.2, -0.15) is 5.10 Å². The number of carbonyl (C=O) groups excluding carboxylic acids is 2. The fourth-order valence-electron chi connectivity index (χ4n) is 3.67. The van der Waals surface area contributed by atoms with E-state index >= 15 is 0 Å². The van der Waals surface area contributed by atoms with E-state index in [-0.39, 0.29) is 29.5 Å². The van der Waals surface area contributed by atoms with Crippen LogP contribution in [0, 0.1) is 5.82 Å². The lowest BCUT2D eigenvalue weighted by atomic mass is 10.2. The van der Waals surface area contributed by atoms with Gasteiger partial charge in [0, 0.05) is 32.3 Å². The van der Waals surface area contributed by atoms with Gasteiger partial charge in [-0.25, -0.2) is 18.7 Å². The molecule has 2 aromatic carbocycles. The molecule has 12 heteroatoms. The summed E-state index contributed by atoms with van der Waals surface area (Å²) in [5.41, 5.74) is 2.83. The first-order valence-electron chi connectivity index (χ1n) is 10.7. The molecular formula is C24H18ClFN6O4. The first-order chi connectivity index (χ1) is 17.3. The summed E-state index contributed by atoms with van der Waals surface area (Å²) in [4.78, 5) is 41.8. The number of hydrogen-bond donors (Lipinski definition) is 2. The zero-order chi connectivity index (χ0) is 25.4. The molecule has 0 aliphatic rings. The zero-order valence-corrected chi connectivity index (χ0v) is 19.5. The number of aromatic nitrogens is 4. The van der Waals surface area contributed by atoms with Crippen molar-refractivity contribution in [3.8, 4) is 0 Å². The highest BCUT2D eigenvalue weighted by atomic mass is 35.5. The Bertz CT molecular complexity index is 1710. The third kappa shape index (κ3) is 4.43. The van der Waals surface area contributed by atoms with E-state index in [1.165, 1.54) is 39.5 Å². The molecule has 2 amide bonds. The molecule has 10 nitrogen and oxygen atoms in total. The van der Waals surface area contributed by atoms with Crippen LogP contribution in [0.4, 0.5) is 4.39 Å². The topological polar surface area (TPSA) is 124 Å². The van der Waals surface area contributed by atoms with Gasteiger partial charge < -0.3 is 15.1 Å². The van der Waals surface area contributed by atoms with Crippen LogP contribution in [0.2, 0.25) is 5.02 Å². The molecule has 36 heavy (non-hydrogen) atoms. The summed E-state index contributed by atoms with van der Waals surface area (Å²) in [6.07, 6.45) is 1.46. The number of amides is 2. The van der Waals surface area contributed by atoms with Gasteiger partial charge in [0.25, 0.3) is 11.8 Å². The number of nitrogens with one attached hydrogen (secondary N) is 2. The number of halogens is 2. The molecule has 0 aliphatic heterocycles. The van der Waals surface area contributed by atoms with E-state index in [2.05, 4.69) is 20.7 Å². The summed E-state index contributed by atoms with van der Waals surface area (Å²) in [6.45, 7) is 0.248. The van der Waals surface area contributed by atoms with Crippen LogP contribution in [0.25, 0.3) is 16.7 Å². The predicted molar refractivity (Wildman–Crippen MR) is 128 cm³/mol. The summed E-state index contributed by atoms with van der Waals surface area (Å²) >= 11 is 5.80. The van der Waals surface area contributed by atoms with Crippen LogP contribution < -0.4 is 16.4 Å². The second-order valence-electron chi connectivity index (χ2n) is 7.97. The number of aryl methyl sites for hydroxylation is 1. The number of carbonyl (C=O) groups is 2. The molecule has 0 saturated heterocycles. The highest BCUT2D eigenvalue weighted by Gasteiger charge is 2.18. The Morgan fingerprint density at radius 2 is 1.75 bits per heavy atom. The third-order valence-corrected chi connectivity index (χ3v) is 5.86. The standard InChI is InChI=1S/C24H18ClFN6O4/c1-31-18-9-14(3-5-20(18)36-24(31)35)12-27-22(33)17-10-19(32-21(30-17)6-7-29-32)23(34)28-11-13-2-4-16(26)15(25)8-13/h2-10H,11-12H2,1H3,(H,27,33)(H,28,34). The number of oxazole rings is 1. The first kappa shape index (κ1) is 23.2. The maximum absolute atomic E-state index is 13.4. The smallest absolute Gasteiger partial charge is 0.408 e. The van der Waals surface area contributed by atoms with E-state index in [0.717, 1.165) is 5.56 Å². The maximum Gasteiger partial charge on any atom is 0.419 e. The van der Waals surface area contributed by atoms with Crippen LogP contribution in [0.15, 0.2) is 63.9 Å². The van der Waals surface area contributed by atoms with E-state index < -0.39 is 23.4 Å². The van der Waals surface area contributed by atoms with Crippen molar-refractivity contribution in [3.63, 3.8) is 0 Å². The summed E-state index contributed by atoms with van der Waals surface area (Å²) in [7, 11) is 1.60. The van der Waals surface area contributed by atoms with Crippen LogP contribution in [0.5, 0.6) is 0 Å². The van der Waals surface area contributed by atoms with Crippen molar-refractivity contribution in [2.24, 2.45) is 7.05 Å². The Morgan fingerprint density at radius 1 is 1.03 bits per heavy atom. The molecule has 0 spiro atoms. The van der Waals surface area contributed by atoms with Crippen LogP contribution in [-0.4, -0.2) is 31.0 Å². The molecule has 0 atom stereocenters. The second kappa shape index (κ2) is 9.27. The molecule has 3 heterocycles. The highest BCUT2D eigenvalue weighted by molar-refractivity contribution is 6.30. The van der Waals surface area contributed by atoms with E-state index in [9.17, 15) is 18.8 Å². The molecule has 0 fully saturated rings. The Labute approximate surface area is 207 Å². The Kier molecular flexibility index (Phi) is 5.98. The SMILES string of the molecule is Cn1c(=O)oc2ccc(CNC(=O)c3cc(C(=O)NCc4ccc(F)c(Cl)c4)n4nccc4n3)cc21. The minimum Gasteiger partial charge on any atom is -0.408 e. The molecule has 0 saturated carbocycles. The van der Waals surface area contributed by atoms with Gasteiger partial charge in [-0.1, -0.05) is 23.7 Å². The van der Waals surface area contributed by atoms with Crippen molar-refractivity contribution >= 4 is 40.2 Å². The zero-order valence-electron chi connectivity index (χ0n) is 18.8. The van der Waals surface area contributed by atoms with E-state index in [1.807, 2.05) is 0 Å². The van der Waals surface area contributed by atoms with Crippen LogP contribution >= 0.6 is 11.6 Å². The van der Waals surface area contributed by atoms with E-state index in [1.54, 1.807) is 31.3 Å². The van der Waals surface area contributed by atoms with Gasteiger partial charge in [0.05, 0.1) is 16.7 Å². The average molecular weight is 509 g/mol. The van der Waals surface area contributed by atoms with Crippen LogP contribution in [-0.2, 0) is 20.1 Å². The molecule has 5 aromatic rings. The first-order valence-corrected chi connectivity index (χ1v) is 11.1. The van der Waals surface area contributed by atoms with Gasteiger partial charge in [-0.05, 0) is 35.4 Å². The van der Waals surface area contributed by atoms with E-state index in [0.29, 0.717) is 22.3 Å². The average Bonchev–Trinajstić information content (AvgIpc) is 3.46. The second-order valence-corrected chi connectivity index (χ2v) is 8.38. The van der Waals surface area contributed by atoms with Crippen molar-refractivity contribution in [2.75, 3.05) is 0 Å². The predicted octanol–water partition coefficient (Wildman–Crippen LogP) is 2.83. The normalized spacial score (nSPS) is 11.2. The highest BCUT2D eigenvalue weighted by Crippen LogP contribution is 2.17. The Hall–Kier alpha value is -4.51. The van der Waals surface area contributed by atoms with Gasteiger partial charge in [0.15, 0.2) is 11.2 Å². The summed E-state index contributed by atoms with van der Waals surface area (Å²) in [6, 6.07) is 12.2. The summed E-state index contributed by atoms with van der Waals surface area (Å²) in [5.74, 6) is -2.03. The van der Waals surface area contributed by atoms with Crippen LogP contribution in [0.1, 0.15) is 32.1 Å². The van der Waals surface area contributed by atoms with Crippen molar-refractivity contribution in [2.45, 2.75) is 13.1 Å². The molecule has 0 bridgehead atoms. The van der Waals surface area contributed by atoms with Crippen LogP contribution in [0.3, 0.4) is 0 Å². The number of nitrogens with zero attached hydrogens (tertiary/aromatic N) is 4. The molecular weight excluding hydrogens is 491 g/mol. The lowest BCUT2D eigenvalue weighted by Gasteiger charge is -2.10. The largest absolute Gasteiger partial charge is 0.419 e. The van der Waals surface area contributed by atoms with Crippen molar-refractivity contribution in [1.29, 1.82) is 0 Å². The minimum atomic E-state index is -0.552. The van der Waals surface area contributed by atoms with Gasteiger partial charge in [0.1, 0.15) is 17.2 Å². The van der Waals surface area contributed by atoms with E-state index in [4.69, 9.17) is 16.0 Å². The maximum atomic E-state index is 13.4. The number of benzene rings is 2. The molecule has 3 aromatic heterocycles. The Morgan fingerprint density at radius 3 is 2.53 bits per heavy atom. The van der Waals surface area contributed by atoms with Gasteiger partial charge >= 0.3 is 5.76 Å². The van der Waals surface area contributed by atoms with Crippen molar-refractivity contribution in [1.82, 2.24) is 29.8 Å². The fourth-order valence-corrected chi connectivity index (χ4v) is 3.87. The van der Waals surface area contributed by atoms with Gasteiger partial charge in [0.2, 0.25) is 0 Å². The summed E-state index contributed by atoms with van der Waals surface area (Å²) in [5, 5.41) is 9.54. The van der Waals surface area contributed by atoms with Crippen molar-refractivity contribution < 1.29 is 18.4 Å². The minimum absolute atomic E-state index is 0.0229. The molecule has 0 radical (unpaired) electrons. The lowest BCUT2D eigenvalue weighted by Crippen LogP contribution is -2.28. The lowest BCUT2D eigenvalue weighted by molar-refractivity contribution is 0.0942. The number of rotatable bonds is 6. The fraction of sp³-hybridized carbons (Fsp3) is 0.125. The Balaban J connectivity index is 1.34. The molecule has 182 valence electrons. The van der Waals surface area contributed by atoms with Crippen molar-refractivity contribution in [3.05, 3.63) is 98.6 Å². The molecule has 2 N–H and O–H groups in total. The number of hydrogen-bond acceptors (Lipinski definition) is 6.